The fourth-order valence-corrected chi connectivity index (χ4v) is 0.973. The molecule has 15 heavy (non-hydrogen) atoms. The molecule has 0 fully saturated rings. The summed E-state index contributed by atoms with van der Waals surface area (Å²) in [4.78, 5) is 7.31. The van der Waals surface area contributed by atoms with Crippen molar-refractivity contribution in [1.29, 1.82) is 0 Å². The molecule has 1 heterocycles. The van der Waals surface area contributed by atoms with Gasteiger partial charge in [0.1, 0.15) is 12.1 Å². The third-order valence-electron chi connectivity index (χ3n) is 1.53. The van der Waals surface area contributed by atoms with Crippen LogP contribution in [-0.2, 0) is 6.42 Å². The Labute approximate surface area is 85.1 Å². The van der Waals surface area contributed by atoms with Gasteiger partial charge < -0.3 is 5.32 Å². The van der Waals surface area contributed by atoms with Crippen molar-refractivity contribution >= 4 is 5.82 Å². The van der Waals surface area contributed by atoms with E-state index in [4.69, 9.17) is 0 Å². The van der Waals surface area contributed by atoms with E-state index in [1.54, 1.807) is 6.08 Å². The van der Waals surface area contributed by atoms with Crippen molar-refractivity contribution in [2.75, 3.05) is 11.9 Å². The summed E-state index contributed by atoms with van der Waals surface area (Å²) in [5.41, 5.74) is -0.0518. The van der Waals surface area contributed by atoms with Crippen molar-refractivity contribution in [1.82, 2.24) is 9.97 Å². The van der Waals surface area contributed by atoms with Gasteiger partial charge in [-0.1, -0.05) is 6.08 Å². The molecule has 0 radical (unpaired) electrons. The minimum Gasteiger partial charge on any atom is -0.367 e. The maximum absolute atomic E-state index is 12.0. The molecule has 0 aromatic carbocycles. The van der Waals surface area contributed by atoms with Crippen LogP contribution < -0.4 is 5.32 Å². The number of hydrogen-bond donors (Lipinski definition) is 1. The number of rotatable bonds is 4. The van der Waals surface area contributed by atoms with Crippen LogP contribution in [0, 0.1) is 0 Å². The first-order chi connectivity index (χ1) is 7.01. The summed E-state index contributed by atoms with van der Waals surface area (Å²) in [5, 5.41) is 2.78. The molecule has 1 aromatic heterocycles. The maximum atomic E-state index is 12.0. The quantitative estimate of drug-likeness (QED) is 0.785. The predicted molar refractivity (Wildman–Crippen MR) is 50.5 cm³/mol. The molecular weight excluding hydrogens is 207 g/mol. The molecule has 0 saturated heterocycles. The van der Waals surface area contributed by atoms with E-state index in [9.17, 15) is 13.2 Å². The van der Waals surface area contributed by atoms with E-state index in [1.165, 1.54) is 6.07 Å². The van der Waals surface area contributed by atoms with Crippen LogP contribution in [0.1, 0.15) is 5.69 Å². The van der Waals surface area contributed by atoms with Gasteiger partial charge in [0.05, 0.1) is 12.1 Å². The Bertz CT molecular complexity index is 336. The van der Waals surface area contributed by atoms with Gasteiger partial charge in [-0.05, 0) is 0 Å². The second-order valence-corrected chi connectivity index (χ2v) is 2.86. The van der Waals surface area contributed by atoms with Crippen molar-refractivity contribution in [3.8, 4) is 0 Å². The standard InChI is InChI=1S/C9H10F3N3/c1-2-3-13-8-4-7(14-6-15-8)5-9(10,11)12/h2,4,6H,1,3,5H2,(H,13,14,15). The van der Waals surface area contributed by atoms with Crippen LogP contribution in [0.15, 0.2) is 25.0 Å². The lowest BCUT2D eigenvalue weighted by Gasteiger charge is -2.07. The van der Waals surface area contributed by atoms with Crippen LogP contribution >= 0.6 is 0 Å². The van der Waals surface area contributed by atoms with Gasteiger partial charge in [0.25, 0.3) is 0 Å². The summed E-state index contributed by atoms with van der Waals surface area (Å²) < 4.78 is 36.1. The van der Waals surface area contributed by atoms with E-state index in [1.807, 2.05) is 0 Å². The second kappa shape index (κ2) is 4.77. The number of nitrogens with zero attached hydrogens (tertiary/aromatic N) is 2. The minimum absolute atomic E-state index is 0.0518. The van der Waals surface area contributed by atoms with Gasteiger partial charge in [0, 0.05) is 12.6 Å². The van der Waals surface area contributed by atoms with Crippen molar-refractivity contribution in [3.05, 3.63) is 30.7 Å². The predicted octanol–water partition coefficient (Wildman–Crippen LogP) is 2.18. The van der Waals surface area contributed by atoms with Crippen molar-refractivity contribution < 1.29 is 13.2 Å². The largest absolute Gasteiger partial charge is 0.394 e. The SMILES string of the molecule is C=CCNc1cc(CC(F)(F)F)ncn1. The molecule has 1 N–H and O–H groups in total. The van der Waals surface area contributed by atoms with Crippen LogP contribution in [0.4, 0.5) is 19.0 Å². The maximum Gasteiger partial charge on any atom is 0.394 e. The van der Waals surface area contributed by atoms with Gasteiger partial charge in [-0.2, -0.15) is 13.2 Å². The van der Waals surface area contributed by atoms with E-state index in [0.29, 0.717) is 12.4 Å². The van der Waals surface area contributed by atoms with E-state index >= 15 is 0 Å². The first kappa shape index (κ1) is 11.5. The van der Waals surface area contributed by atoms with E-state index in [-0.39, 0.29) is 5.69 Å². The van der Waals surface area contributed by atoms with Gasteiger partial charge >= 0.3 is 6.18 Å². The highest BCUT2D eigenvalue weighted by molar-refractivity contribution is 5.35. The summed E-state index contributed by atoms with van der Waals surface area (Å²) in [6, 6.07) is 1.27. The Kier molecular flexibility index (Phi) is 3.65. The van der Waals surface area contributed by atoms with E-state index < -0.39 is 12.6 Å². The molecule has 0 aliphatic carbocycles. The fourth-order valence-electron chi connectivity index (χ4n) is 0.973. The Balaban J connectivity index is 2.69. The smallest absolute Gasteiger partial charge is 0.367 e. The number of nitrogens with one attached hydrogen (secondary N) is 1. The Morgan fingerprint density at radius 3 is 2.73 bits per heavy atom. The lowest BCUT2D eigenvalue weighted by atomic mass is 10.3. The molecule has 0 bridgehead atoms. The summed E-state index contributed by atoms with van der Waals surface area (Å²) in [5.74, 6) is 0.365. The third kappa shape index (κ3) is 4.44. The third-order valence-corrected chi connectivity index (χ3v) is 1.53. The second-order valence-electron chi connectivity index (χ2n) is 2.86. The van der Waals surface area contributed by atoms with Gasteiger partial charge in [-0.15, -0.1) is 6.58 Å². The molecule has 1 rings (SSSR count). The highest BCUT2D eigenvalue weighted by atomic mass is 19.4. The molecule has 0 unspecified atom stereocenters. The summed E-state index contributed by atoms with van der Waals surface area (Å²) in [7, 11) is 0. The van der Waals surface area contributed by atoms with Crippen LogP contribution in [0.2, 0.25) is 0 Å². The zero-order valence-electron chi connectivity index (χ0n) is 7.88. The molecule has 3 nitrogen and oxygen atoms in total. The summed E-state index contributed by atoms with van der Waals surface area (Å²) in [6.07, 6.45) is -2.60. The molecule has 0 atom stereocenters. The zero-order chi connectivity index (χ0) is 11.3. The molecule has 0 amide bonds. The lowest BCUT2D eigenvalue weighted by Crippen LogP contribution is -2.13. The number of aromatic nitrogens is 2. The minimum atomic E-state index is -4.25. The van der Waals surface area contributed by atoms with Gasteiger partial charge in [-0.25, -0.2) is 9.97 Å². The number of halogens is 3. The van der Waals surface area contributed by atoms with Crippen LogP contribution in [0.3, 0.4) is 0 Å². The van der Waals surface area contributed by atoms with Gasteiger partial charge in [0.15, 0.2) is 0 Å². The number of anilines is 1. The summed E-state index contributed by atoms with van der Waals surface area (Å²) >= 11 is 0. The highest BCUT2D eigenvalue weighted by Crippen LogP contribution is 2.20. The molecule has 0 spiro atoms. The molecule has 1 aromatic rings. The Hall–Kier alpha value is -1.59. The van der Waals surface area contributed by atoms with Gasteiger partial charge in [0.2, 0.25) is 0 Å². The molecule has 82 valence electrons. The highest BCUT2D eigenvalue weighted by Gasteiger charge is 2.28. The molecule has 6 heteroatoms. The normalized spacial score (nSPS) is 11.1. The average molecular weight is 217 g/mol. The number of alkyl halides is 3. The first-order valence-electron chi connectivity index (χ1n) is 4.24. The molecular formula is C9H10F3N3. The van der Waals surface area contributed by atoms with Crippen LogP contribution in [0.25, 0.3) is 0 Å². The topological polar surface area (TPSA) is 37.8 Å². The van der Waals surface area contributed by atoms with E-state index in [0.717, 1.165) is 6.33 Å². The van der Waals surface area contributed by atoms with Crippen LogP contribution in [-0.4, -0.2) is 22.7 Å². The average Bonchev–Trinajstić information content (AvgIpc) is 2.12. The molecule has 0 aliphatic rings. The van der Waals surface area contributed by atoms with Crippen molar-refractivity contribution in [3.63, 3.8) is 0 Å². The summed E-state index contributed by atoms with van der Waals surface area (Å²) in [6.45, 7) is 3.92. The lowest BCUT2D eigenvalue weighted by molar-refractivity contribution is -0.127. The first-order valence-corrected chi connectivity index (χ1v) is 4.24. The zero-order valence-corrected chi connectivity index (χ0v) is 7.88. The van der Waals surface area contributed by atoms with Gasteiger partial charge in [-0.3, -0.25) is 0 Å². The van der Waals surface area contributed by atoms with Crippen molar-refractivity contribution in [2.24, 2.45) is 0 Å². The fraction of sp³-hybridized carbons (Fsp3) is 0.333. The molecule has 0 saturated carbocycles. The monoisotopic (exact) mass is 217 g/mol. The molecule has 0 aliphatic heterocycles. The van der Waals surface area contributed by atoms with E-state index in [2.05, 4.69) is 21.9 Å². The number of hydrogen-bond acceptors (Lipinski definition) is 3. The van der Waals surface area contributed by atoms with Crippen molar-refractivity contribution in [2.45, 2.75) is 12.6 Å². The van der Waals surface area contributed by atoms with Crippen LogP contribution in [0.5, 0.6) is 0 Å². The Morgan fingerprint density at radius 1 is 1.40 bits per heavy atom. The Morgan fingerprint density at radius 2 is 2.13 bits per heavy atom.